The summed E-state index contributed by atoms with van der Waals surface area (Å²) in [5.74, 6) is 0.447. The highest BCUT2D eigenvalue weighted by atomic mass is 35.5. The molecule has 0 spiro atoms. The maximum Gasteiger partial charge on any atom is 0.358 e. The molecule has 27 heavy (non-hydrogen) atoms. The summed E-state index contributed by atoms with van der Waals surface area (Å²) in [5.41, 5.74) is 6.15. The van der Waals surface area contributed by atoms with Crippen molar-refractivity contribution in [1.82, 2.24) is 4.98 Å². The number of nitrogens with two attached hydrogens (primary N) is 1. The fraction of sp³-hybridized carbons (Fsp3) is 0.0526. The van der Waals surface area contributed by atoms with Gasteiger partial charge in [-0.3, -0.25) is 0 Å². The van der Waals surface area contributed by atoms with Gasteiger partial charge in [0, 0.05) is 5.56 Å². The monoisotopic (exact) mass is 422 g/mol. The smallest absolute Gasteiger partial charge is 0.358 e. The van der Waals surface area contributed by atoms with Crippen molar-refractivity contribution in [2.24, 2.45) is 0 Å². The first-order valence-electron chi connectivity index (χ1n) is 7.75. The Balaban J connectivity index is 1.77. The molecule has 2 aromatic carbocycles. The van der Waals surface area contributed by atoms with E-state index in [1.807, 2.05) is 42.5 Å². The molecule has 1 heterocycles. The van der Waals surface area contributed by atoms with Crippen LogP contribution in [0.1, 0.15) is 16.1 Å². The lowest BCUT2D eigenvalue weighted by atomic mass is 10.2. The van der Waals surface area contributed by atoms with Gasteiger partial charge in [-0.25, -0.2) is 9.78 Å². The van der Waals surface area contributed by atoms with Crippen LogP contribution in [0.25, 0.3) is 0 Å². The number of rotatable bonds is 5. The van der Waals surface area contributed by atoms with Gasteiger partial charge in [0.05, 0.1) is 10.7 Å². The van der Waals surface area contributed by atoms with Gasteiger partial charge >= 0.3 is 5.97 Å². The number of anilines is 1. The van der Waals surface area contributed by atoms with Crippen LogP contribution in [0.2, 0.25) is 15.2 Å². The van der Waals surface area contributed by atoms with Crippen LogP contribution in [0.3, 0.4) is 0 Å². The molecule has 0 atom stereocenters. The molecule has 3 aromatic rings. The predicted octanol–water partition coefficient (Wildman–Crippen LogP) is 5.77. The van der Waals surface area contributed by atoms with Gasteiger partial charge in [0.2, 0.25) is 0 Å². The number of nitrogen functional groups attached to an aromatic ring is 1. The first kappa shape index (κ1) is 19.3. The Kier molecular flexibility index (Phi) is 6.06. The molecule has 0 unspecified atom stereocenters. The summed E-state index contributed by atoms with van der Waals surface area (Å²) in [6.45, 7) is -0.0556. The summed E-state index contributed by atoms with van der Waals surface area (Å²) in [4.78, 5) is 16.2. The van der Waals surface area contributed by atoms with Gasteiger partial charge in [0.15, 0.2) is 10.8 Å². The van der Waals surface area contributed by atoms with Crippen LogP contribution in [-0.4, -0.2) is 11.0 Å². The molecule has 0 radical (unpaired) electrons. The Bertz CT molecular complexity index is 981. The predicted molar refractivity (Wildman–Crippen MR) is 106 cm³/mol. The van der Waals surface area contributed by atoms with Crippen LogP contribution < -0.4 is 10.5 Å². The van der Waals surface area contributed by atoms with E-state index in [1.54, 1.807) is 12.1 Å². The summed E-state index contributed by atoms with van der Waals surface area (Å²) >= 11 is 17.7. The maximum atomic E-state index is 12.4. The highest BCUT2D eigenvalue weighted by Gasteiger charge is 2.21. The van der Waals surface area contributed by atoms with E-state index in [-0.39, 0.29) is 33.2 Å². The quantitative estimate of drug-likeness (QED) is 0.416. The van der Waals surface area contributed by atoms with Gasteiger partial charge in [0.25, 0.3) is 0 Å². The molecule has 0 amide bonds. The second-order valence-electron chi connectivity index (χ2n) is 5.39. The number of halogens is 3. The molecular formula is C19H13Cl3N2O3. The molecule has 138 valence electrons. The Morgan fingerprint density at radius 1 is 0.963 bits per heavy atom. The molecule has 5 nitrogen and oxygen atoms in total. The summed E-state index contributed by atoms with van der Waals surface area (Å²) in [7, 11) is 0. The standard InChI is InChI=1S/C19H13Cl3N2O3/c20-14-16(23)15(21)18(22)24-17(14)19(25)26-10-11-6-4-5-9-13(11)27-12-7-2-1-3-8-12/h1-9H,10H2,(H2,23,24). The van der Waals surface area contributed by atoms with Gasteiger partial charge < -0.3 is 15.2 Å². The lowest BCUT2D eigenvalue weighted by Crippen LogP contribution is -2.10. The van der Waals surface area contributed by atoms with Crippen LogP contribution in [0.4, 0.5) is 5.69 Å². The number of para-hydroxylation sites is 2. The molecule has 0 aliphatic heterocycles. The summed E-state index contributed by atoms with van der Waals surface area (Å²) in [5, 5.41) is -0.249. The van der Waals surface area contributed by atoms with Gasteiger partial charge in [-0.1, -0.05) is 71.2 Å². The van der Waals surface area contributed by atoms with Gasteiger partial charge in [-0.15, -0.1) is 0 Å². The number of carbonyl (C=O) groups is 1. The SMILES string of the molecule is Nc1c(Cl)c(Cl)nc(C(=O)OCc2ccccc2Oc2ccccc2)c1Cl. The number of hydrogen-bond donors (Lipinski definition) is 1. The first-order valence-corrected chi connectivity index (χ1v) is 8.88. The Labute approximate surface area is 170 Å². The molecule has 3 rings (SSSR count). The second-order valence-corrected chi connectivity index (χ2v) is 6.51. The number of aromatic nitrogens is 1. The van der Waals surface area contributed by atoms with Crippen LogP contribution in [-0.2, 0) is 11.3 Å². The summed E-state index contributed by atoms with van der Waals surface area (Å²) in [6.07, 6.45) is 0. The number of hydrogen-bond acceptors (Lipinski definition) is 5. The lowest BCUT2D eigenvalue weighted by Gasteiger charge is -2.12. The van der Waals surface area contributed by atoms with Crippen molar-refractivity contribution in [3.05, 3.63) is 81.1 Å². The minimum Gasteiger partial charge on any atom is -0.457 e. The molecule has 1 aromatic heterocycles. The number of nitrogens with zero attached hydrogens (tertiary/aromatic N) is 1. The number of benzene rings is 2. The molecule has 8 heteroatoms. The van der Waals surface area contributed by atoms with Gasteiger partial charge in [0.1, 0.15) is 23.1 Å². The normalized spacial score (nSPS) is 10.5. The Morgan fingerprint density at radius 2 is 1.63 bits per heavy atom. The second kappa shape index (κ2) is 8.48. The first-order chi connectivity index (χ1) is 13.0. The van der Waals surface area contributed by atoms with Crippen molar-refractivity contribution < 1.29 is 14.3 Å². The van der Waals surface area contributed by atoms with E-state index in [0.29, 0.717) is 17.1 Å². The molecule has 2 N–H and O–H groups in total. The van der Waals surface area contributed by atoms with Crippen LogP contribution in [0.5, 0.6) is 11.5 Å². The topological polar surface area (TPSA) is 74.4 Å². The molecule has 0 aliphatic carbocycles. The molecule has 0 aliphatic rings. The largest absolute Gasteiger partial charge is 0.457 e. The van der Waals surface area contributed by atoms with E-state index < -0.39 is 5.97 Å². The number of ether oxygens (including phenoxy) is 2. The molecule has 0 bridgehead atoms. The number of pyridine rings is 1. The third-order valence-electron chi connectivity index (χ3n) is 3.57. The maximum absolute atomic E-state index is 12.4. The van der Waals surface area contributed by atoms with Crippen molar-refractivity contribution in [1.29, 1.82) is 0 Å². The van der Waals surface area contributed by atoms with E-state index in [0.717, 1.165) is 0 Å². The van der Waals surface area contributed by atoms with Crippen LogP contribution in [0, 0.1) is 0 Å². The third kappa shape index (κ3) is 4.45. The zero-order valence-corrected chi connectivity index (χ0v) is 16.1. The highest BCUT2D eigenvalue weighted by molar-refractivity contribution is 6.46. The zero-order valence-electron chi connectivity index (χ0n) is 13.8. The van der Waals surface area contributed by atoms with Crippen molar-refractivity contribution in [3.8, 4) is 11.5 Å². The van der Waals surface area contributed by atoms with Crippen molar-refractivity contribution >= 4 is 46.5 Å². The van der Waals surface area contributed by atoms with E-state index in [9.17, 15) is 4.79 Å². The van der Waals surface area contributed by atoms with E-state index >= 15 is 0 Å². The Hall–Kier alpha value is -2.47. The zero-order chi connectivity index (χ0) is 19.4. The highest BCUT2D eigenvalue weighted by Crippen LogP contribution is 2.35. The van der Waals surface area contributed by atoms with Crippen LogP contribution in [0.15, 0.2) is 54.6 Å². The average molecular weight is 424 g/mol. The van der Waals surface area contributed by atoms with E-state index in [4.69, 9.17) is 50.0 Å². The fourth-order valence-corrected chi connectivity index (χ4v) is 2.80. The minimum atomic E-state index is -0.778. The van der Waals surface area contributed by atoms with Gasteiger partial charge in [-0.2, -0.15) is 0 Å². The third-order valence-corrected chi connectivity index (χ3v) is 4.70. The number of carbonyl (C=O) groups excluding carboxylic acids is 1. The molecule has 0 fully saturated rings. The average Bonchev–Trinajstić information content (AvgIpc) is 2.69. The van der Waals surface area contributed by atoms with Crippen molar-refractivity contribution in [3.63, 3.8) is 0 Å². The number of esters is 1. The Morgan fingerprint density at radius 3 is 2.37 bits per heavy atom. The minimum absolute atomic E-state index is 0.0141. The summed E-state index contributed by atoms with van der Waals surface area (Å²) < 4.78 is 11.1. The van der Waals surface area contributed by atoms with Crippen molar-refractivity contribution in [2.45, 2.75) is 6.61 Å². The van der Waals surface area contributed by atoms with Crippen molar-refractivity contribution in [2.75, 3.05) is 5.73 Å². The van der Waals surface area contributed by atoms with Crippen LogP contribution >= 0.6 is 34.8 Å². The van der Waals surface area contributed by atoms with Gasteiger partial charge in [-0.05, 0) is 18.2 Å². The molecule has 0 saturated heterocycles. The van der Waals surface area contributed by atoms with E-state index in [1.165, 1.54) is 0 Å². The molecule has 0 saturated carbocycles. The van der Waals surface area contributed by atoms with E-state index in [2.05, 4.69) is 4.98 Å². The summed E-state index contributed by atoms with van der Waals surface area (Å²) in [6, 6.07) is 16.4. The lowest BCUT2D eigenvalue weighted by molar-refractivity contribution is 0.0464. The fourth-order valence-electron chi connectivity index (χ4n) is 2.22. The molecular weight excluding hydrogens is 411 g/mol.